The highest BCUT2D eigenvalue weighted by atomic mass is 16.5. The van der Waals surface area contributed by atoms with Gasteiger partial charge in [0, 0.05) is 6.54 Å². The Morgan fingerprint density at radius 1 is 1.32 bits per heavy atom. The Kier molecular flexibility index (Phi) is 3.53. The molecule has 1 aromatic carbocycles. The maximum atomic E-state index is 5.35. The summed E-state index contributed by atoms with van der Waals surface area (Å²) in [5.41, 5.74) is 1.93. The second-order valence-electron chi connectivity index (χ2n) is 6.47. The van der Waals surface area contributed by atoms with E-state index >= 15 is 0 Å². The fourth-order valence-corrected chi connectivity index (χ4v) is 3.96. The minimum Gasteiger partial charge on any atom is -0.497 e. The smallest absolute Gasteiger partial charge is 0.119 e. The predicted molar refractivity (Wildman–Crippen MR) is 78.5 cm³/mol. The molecule has 3 rings (SSSR count). The summed E-state index contributed by atoms with van der Waals surface area (Å²) in [5.74, 6) is 3.05. The molecule has 19 heavy (non-hydrogen) atoms. The van der Waals surface area contributed by atoms with Crippen molar-refractivity contribution >= 4 is 0 Å². The van der Waals surface area contributed by atoms with Gasteiger partial charge in [-0.15, -0.1) is 0 Å². The molecule has 2 atom stereocenters. The van der Waals surface area contributed by atoms with Gasteiger partial charge in [0.05, 0.1) is 7.11 Å². The quantitative estimate of drug-likeness (QED) is 0.846. The third-order valence-corrected chi connectivity index (χ3v) is 4.92. The summed E-state index contributed by atoms with van der Waals surface area (Å²) < 4.78 is 5.35. The van der Waals surface area contributed by atoms with Gasteiger partial charge >= 0.3 is 0 Å². The number of rotatable bonds is 6. The van der Waals surface area contributed by atoms with E-state index in [-0.39, 0.29) is 0 Å². The molecule has 0 saturated heterocycles. The number of nitrogens with one attached hydrogen (secondary N) is 1. The Hall–Kier alpha value is -1.02. The molecule has 2 aliphatic carbocycles. The molecule has 0 aliphatic heterocycles. The van der Waals surface area contributed by atoms with Gasteiger partial charge in [0.1, 0.15) is 5.75 Å². The van der Waals surface area contributed by atoms with Gasteiger partial charge in [-0.3, -0.25) is 0 Å². The van der Waals surface area contributed by atoms with Crippen molar-refractivity contribution in [3.63, 3.8) is 0 Å². The fraction of sp³-hybridized carbons (Fsp3) is 0.647. The van der Waals surface area contributed by atoms with Crippen LogP contribution in [0.3, 0.4) is 0 Å². The Bertz CT molecular complexity index is 433. The van der Waals surface area contributed by atoms with Crippen molar-refractivity contribution in [3.05, 3.63) is 29.8 Å². The maximum absolute atomic E-state index is 5.35. The molecule has 0 heterocycles. The molecule has 2 fully saturated rings. The zero-order chi connectivity index (χ0) is 13.3. The van der Waals surface area contributed by atoms with E-state index in [1.165, 1.54) is 37.8 Å². The highest BCUT2D eigenvalue weighted by Gasteiger charge is 2.53. The maximum Gasteiger partial charge on any atom is 0.119 e. The minimum atomic E-state index is 0.496. The van der Waals surface area contributed by atoms with Gasteiger partial charge in [-0.1, -0.05) is 19.1 Å². The van der Waals surface area contributed by atoms with E-state index in [2.05, 4.69) is 30.4 Å². The lowest BCUT2D eigenvalue weighted by molar-refractivity contribution is 0.250. The summed E-state index contributed by atoms with van der Waals surface area (Å²) in [6.07, 6.45) is 5.53. The van der Waals surface area contributed by atoms with Crippen LogP contribution in [0.15, 0.2) is 24.3 Å². The van der Waals surface area contributed by atoms with Crippen molar-refractivity contribution in [2.75, 3.05) is 20.2 Å². The Labute approximate surface area is 116 Å². The van der Waals surface area contributed by atoms with Crippen LogP contribution in [0.5, 0.6) is 5.75 Å². The summed E-state index contributed by atoms with van der Waals surface area (Å²) in [4.78, 5) is 0. The van der Waals surface area contributed by atoms with E-state index in [0.29, 0.717) is 5.41 Å². The van der Waals surface area contributed by atoms with Crippen molar-refractivity contribution in [1.29, 1.82) is 0 Å². The van der Waals surface area contributed by atoms with Crippen molar-refractivity contribution < 1.29 is 4.74 Å². The molecule has 2 aliphatic rings. The lowest BCUT2D eigenvalue weighted by Gasteiger charge is -2.31. The summed E-state index contributed by atoms with van der Waals surface area (Å²) in [5, 5.41) is 3.59. The van der Waals surface area contributed by atoms with Crippen LogP contribution in [0.2, 0.25) is 0 Å². The van der Waals surface area contributed by atoms with Crippen molar-refractivity contribution in [2.24, 2.45) is 17.3 Å². The van der Waals surface area contributed by atoms with Crippen LogP contribution in [0.4, 0.5) is 0 Å². The molecule has 2 heteroatoms. The molecule has 0 radical (unpaired) electrons. The van der Waals surface area contributed by atoms with Crippen molar-refractivity contribution in [2.45, 2.75) is 32.6 Å². The largest absolute Gasteiger partial charge is 0.497 e. The molecule has 1 aromatic rings. The number of fused-ring (bicyclic) bond motifs is 1. The molecular weight excluding hydrogens is 234 g/mol. The highest BCUT2D eigenvalue weighted by Crippen LogP contribution is 2.60. The van der Waals surface area contributed by atoms with Crippen LogP contribution < -0.4 is 10.1 Å². The summed E-state index contributed by atoms with van der Waals surface area (Å²) in [6, 6.07) is 8.61. The van der Waals surface area contributed by atoms with Gasteiger partial charge in [-0.2, -0.15) is 0 Å². The second-order valence-corrected chi connectivity index (χ2v) is 6.47. The summed E-state index contributed by atoms with van der Waals surface area (Å²) in [6.45, 7) is 4.46. The molecule has 2 saturated carbocycles. The van der Waals surface area contributed by atoms with E-state index in [4.69, 9.17) is 4.74 Å². The molecule has 0 amide bonds. The Morgan fingerprint density at radius 3 is 2.79 bits per heavy atom. The topological polar surface area (TPSA) is 21.3 Å². The van der Waals surface area contributed by atoms with E-state index < -0.39 is 0 Å². The van der Waals surface area contributed by atoms with E-state index in [1.807, 2.05) is 6.07 Å². The average Bonchev–Trinajstić information content (AvgIpc) is 3.05. The first-order chi connectivity index (χ1) is 9.24. The molecule has 0 aromatic heterocycles. The fourth-order valence-electron chi connectivity index (χ4n) is 3.96. The van der Waals surface area contributed by atoms with Crippen LogP contribution >= 0.6 is 0 Å². The lowest BCUT2D eigenvalue weighted by Crippen LogP contribution is -2.35. The molecule has 0 bridgehead atoms. The van der Waals surface area contributed by atoms with Gasteiger partial charge in [-0.25, -0.2) is 0 Å². The van der Waals surface area contributed by atoms with Gasteiger partial charge in [0.2, 0.25) is 0 Å². The van der Waals surface area contributed by atoms with E-state index in [9.17, 15) is 0 Å². The van der Waals surface area contributed by atoms with Gasteiger partial charge in [0.15, 0.2) is 0 Å². The van der Waals surface area contributed by atoms with Crippen molar-refractivity contribution in [1.82, 2.24) is 5.32 Å². The Morgan fingerprint density at radius 2 is 2.11 bits per heavy atom. The highest BCUT2D eigenvalue weighted by molar-refractivity contribution is 5.29. The van der Waals surface area contributed by atoms with E-state index in [0.717, 1.165) is 24.1 Å². The van der Waals surface area contributed by atoms with Gasteiger partial charge in [0.25, 0.3) is 0 Å². The van der Waals surface area contributed by atoms with Crippen LogP contribution in [0, 0.1) is 17.3 Å². The molecular formula is C17H25NO. The number of ether oxygens (including phenoxy) is 1. The number of hydrogen-bond acceptors (Lipinski definition) is 2. The summed E-state index contributed by atoms with van der Waals surface area (Å²) in [7, 11) is 1.75. The SMILES string of the molecule is CCNCC1(Cc2cccc(OC)c2)CC2CC2C1. The first-order valence-corrected chi connectivity index (χ1v) is 7.58. The third kappa shape index (κ3) is 2.79. The number of methoxy groups -OCH3 is 1. The zero-order valence-corrected chi connectivity index (χ0v) is 12.1. The normalized spacial score (nSPS) is 32.1. The zero-order valence-electron chi connectivity index (χ0n) is 12.1. The lowest BCUT2D eigenvalue weighted by atomic mass is 9.77. The van der Waals surface area contributed by atoms with Gasteiger partial charge < -0.3 is 10.1 Å². The molecule has 0 spiro atoms. The van der Waals surface area contributed by atoms with E-state index in [1.54, 1.807) is 7.11 Å². The van der Waals surface area contributed by atoms with Gasteiger partial charge in [-0.05, 0) is 67.2 Å². The van der Waals surface area contributed by atoms with Crippen LogP contribution in [-0.2, 0) is 6.42 Å². The minimum absolute atomic E-state index is 0.496. The molecule has 2 nitrogen and oxygen atoms in total. The predicted octanol–water partition coefficient (Wildman–Crippen LogP) is 3.26. The van der Waals surface area contributed by atoms with Crippen LogP contribution in [0.25, 0.3) is 0 Å². The average molecular weight is 259 g/mol. The first-order valence-electron chi connectivity index (χ1n) is 7.58. The molecule has 2 unspecified atom stereocenters. The number of benzene rings is 1. The van der Waals surface area contributed by atoms with Crippen LogP contribution in [-0.4, -0.2) is 20.2 Å². The first kappa shape index (κ1) is 13.0. The monoisotopic (exact) mass is 259 g/mol. The Balaban J connectivity index is 1.73. The van der Waals surface area contributed by atoms with Crippen molar-refractivity contribution in [3.8, 4) is 5.75 Å². The summed E-state index contributed by atoms with van der Waals surface area (Å²) >= 11 is 0. The number of hydrogen-bond donors (Lipinski definition) is 1. The second kappa shape index (κ2) is 5.16. The van der Waals surface area contributed by atoms with Crippen LogP contribution in [0.1, 0.15) is 31.7 Å². The molecule has 1 N–H and O–H groups in total. The third-order valence-electron chi connectivity index (χ3n) is 4.92. The molecule has 104 valence electrons. The standard InChI is InChI=1S/C17H25NO/c1-3-18-12-17(10-14-8-15(14)11-17)9-13-5-4-6-16(7-13)19-2/h4-7,14-15,18H,3,8-12H2,1-2H3.